The highest BCUT2D eigenvalue weighted by atomic mass is 79.9. The molecule has 0 saturated heterocycles. The number of aromatic nitrogens is 1. The second kappa shape index (κ2) is 5.23. The van der Waals surface area contributed by atoms with Crippen LogP contribution in [-0.2, 0) is 0 Å². The minimum atomic E-state index is -0.0971. The van der Waals surface area contributed by atoms with Crippen molar-refractivity contribution in [1.82, 2.24) is 4.98 Å². The van der Waals surface area contributed by atoms with Crippen molar-refractivity contribution in [3.05, 3.63) is 46.1 Å². The molecule has 1 aromatic heterocycles. The van der Waals surface area contributed by atoms with Gasteiger partial charge < -0.3 is 9.73 Å². The van der Waals surface area contributed by atoms with Crippen LogP contribution in [-0.4, -0.2) is 4.98 Å². The fourth-order valence-electron chi connectivity index (χ4n) is 1.60. The monoisotopic (exact) mass is 305 g/mol. The lowest BCUT2D eigenvalue weighted by atomic mass is 10.2. The molecule has 0 aliphatic rings. The molecule has 92 valence electrons. The van der Waals surface area contributed by atoms with E-state index in [0.29, 0.717) is 11.5 Å². The molecular weight excluding hydrogens is 294 g/mol. The number of nitrogens with zero attached hydrogens (tertiary/aromatic N) is 2. The van der Waals surface area contributed by atoms with E-state index in [1.165, 1.54) is 0 Å². The van der Waals surface area contributed by atoms with E-state index in [9.17, 15) is 0 Å². The van der Waals surface area contributed by atoms with Gasteiger partial charge in [-0.15, -0.1) is 0 Å². The molecule has 5 heteroatoms. The second-order valence-electron chi connectivity index (χ2n) is 3.98. The molecule has 2 rings (SSSR count). The summed E-state index contributed by atoms with van der Waals surface area (Å²) in [6.07, 6.45) is 1.68. The van der Waals surface area contributed by atoms with Crippen molar-refractivity contribution in [2.75, 3.05) is 5.32 Å². The molecule has 1 N–H and O–H groups in total. The maximum atomic E-state index is 9.05. The average Bonchev–Trinajstić information content (AvgIpc) is 2.76. The molecule has 0 fully saturated rings. The molecule has 1 aromatic carbocycles. The van der Waals surface area contributed by atoms with E-state index in [-0.39, 0.29) is 6.04 Å². The van der Waals surface area contributed by atoms with E-state index >= 15 is 0 Å². The number of oxazole rings is 1. The van der Waals surface area contributed by atoms with E-state index < -0.39 is 0 Å². The van der Waals surface area contributed by atoms with Crippen LogP contribution in [0.3, 0.4) is 0 Å². The van der Waals surface area contributed by atoms with Crippen LogP contribution in [0.5, 0.6) is 0 Å². The summed E-state index contributed by atoms with van der Waals surface area (Å²) in [6.45, 7) is 3.79. The molecule has 0 aliphatic heterocycles. The zero-order chi connectivity index (χ0) is 13.1. The molecule has 0 bridgehead atoms. The molecule has 4 nitrogen and oxygen atoms in total. The zero-order valence-electron chi connectivity index (χ0n) is 10.1. The molecule has 1 atom stereocenters. The van der Waals surface area contributed by atoms with Gasteiger partial charge in [-0.05, 0) is 32.0 Å². The van der Waals surface area contributed by atoms with E-state index in [4.69, 9.17) is 9.68 Å². The summed E-state index contributed by atoms with van der Waals surface area (Å²) < 4.78 is 6.37. The topological polar surface area (TPSA) is 61.9 Å². The van der Waals surface area contributed by atoms with Crippen molar-refractivity contribution >= 4 is 21.6 Å². The summed E-state index contributed by atoms with van der Waals surface area (Å²) in [4.78, 5) is 4.17. The first kappa shape index (κ1) is 12.7. The molecule has 2 aromatic rings. The van der Waals surface area contributed by atoms with Crippen molar-refractivity contribution in [2.45, 2.75) is 19.9 Å². The Morgan fingerprint density at radius 2 is 2.28 bits per heavy atom. The number of rotatable bonds is 3. The molecular formula is C13H12BrN3O. The number of hydrogen-bond acceptors (Lipinski definition) is 4. The van der Waals surface area contributed by atoms with Gasteiger partial charge >= 0.3 is 0 Å². The van der Waals surface area contributed by atoms with E-state index in [1.807, 2.05) is 26.0 Å². The molecule has 0 radical (unpaired) electrons. The zero-order valence-corrected chi connectivity index (χ0v) is 11.7. The van der Waals surface area contributed by atoms with Crippen LogP contribution in [0.1, 0.15) is 30.2 Å². The first-order valence-electron chi connectivity index (χ1n) is 5.48. The number of benzene rings is 1. The maximum Gasteiger partial charge on any atom is 0.216 e. The van der Waals surface area contributed by atoms with Crippen LogP contribution < -0.4 is 5.32 Å². The van der Waals surface area contributed by atoms with Gasteiger partial charge in [0.05, 0.1) is 17.4 Å². The van der Waals surface area contributed by atoms with Crippen molar-refractivity contribution < 1.29 is 4.42 Å². The molecule has 18 heavy (non-hydrogen) atoms. The maximum absolute atomic E-state index is 9.05. The summed E-state index contributed by atoms with van der Waals surface area (Å²) in [6, 6.07) is 7.52. The van der Waals surface area contributed by atoms with Crippen molar-refractivity contribution in [2.24, 2.45) is 0 Å². The second-order valence-corrected chi connectivity index (χ2v) is 4.89. The van der Waals surface area contributed by atoms with Gasteiger partial charge in [0.2, 0.25) is 5.89 Å². The third kappa shape index (κ3) is 2.71. The molecule has 0 spiro atoms. The lowest BCUT2D eigenvalue weighted by molar-refractivity contribution is 0.453. The summed E-state index contributed by atoms with van der Waals surface area (Å²) in [7, 11) is 0. The summed E-state index contributed by atoms with van der Waals surface area (Å²) >= 11 is 3.39. The standard InChI is InChI=1S/C13H12BrN3O/c1-8-7-16-13(18-8)9(2)17-12-5-11(14)4-3-10(12)6-15/h3-5,7,9,17H,1-2H3. The van der Waals surface area contributed by atoms with Gasteiger partial charge in [0.15, 0.2) is 0 Å². The van der Waals surface area contributed by atoms with Gasteiger partial charge in [-0.3, -0.25) is 0 Å². The predicted octanol–water partition coefficient (Wildman–Crippen LogP) is 3.79. The lowest BCUT2D eigenvalue weighted by Gasteiger charge is -2.13. The first-order valence-corrected chi connectivity index (χ1v) is 6.28. The van der Waals surface area contributed by atoms with Crippen molar-refractivity contribution in [1.29, 1.82) is 5.26 Å². The number of anilines is 1. The largest absolute Gasteiger partial charge is 0.444 e. The van der Waals surface area contributed by atoms with Crippen molar-refractivity contribution in [3.8, 4) is 6.07 Å². The highest BCUT2D eigenvalue weighted by molar-refractivity contribution is 9.10. The summed E-state index contributed by atoms with van der Waals surface area (Å²) in [5.74, 6) is 1.38. The Labute approximate surface area is 114 Å². The van der Waals surface area contributed by atoms with Crippen LogP contribution in [0, 0.1) is 18.3 Å². The van der Waals surface area contributed by atoms with Gasteiger partial charge in [0, 0.05) is 4.47 Å². The Hall–Kier alpha value is -1.80. The summed E-state index contributed by atoms with van der Waals surface area (Å²) in [5.41, 5.74) is 1.35. The fraction of sp³-hybridized carbons (Fsp3) is 0.231. The van der Waals surface area contributed by atoms with Gasteiger partial charge in [-0.2, -0.15) is 5.26 Å². The SMILES string of the molecule is Cc1cnc(C(C)Nc2cc(Br)ccc2C#N)o1. The Balaban J connectivity index is 2.24. The molecule has 0 saturated carbocycles. The highest BCUT2D eigenvalue weighted by Gasteiger charge is 2.13. The quantitative estimate of drug-likeness (QED) is 0.937. The Morgan fingerprint density at radius 3 is 2.89 bits per heavy atom. The number of aryl methyl sites for hydroxylation is 1. The minimum Gasteiger partial charge on any atom is -0.444 e. The fourth-order valence-corrected chi connectivity index (χ4v) is 1.96. The molecule has 1 heterocycles. The third-order valence-electron chi connectivity index (χ3n) is 2.48. The van der Waals surface area contributed by atoms with Crippen molar-refractivity contribution in [3.63, 3.8) is 0 Å². The van der Waals surface area contributed by atoms with Crippen LogP contribution in [0.4, 0.5) is 5.69 Å². The number of halogens is 1. The van der Waals surface area contributed by atoms with Crippen LogP contribution in [0.2, 0.25) is 0 Å². The Kier molecular flexibility index (Phi) is 3.68. The highest BCUT2D eigenvalue weighted by Crippen LogP contribution is 2.25. The van der Waals surface area contributed by atoms with E-state index in [2.05, 4.69) is 32.3 Å². The number of nitrogens with one attached hydrogen (secondary N) is 1. The normalized spacial score (nSPS) is 11.9. The first-order chi connectivity index (χ1) is 8.60. The van der Waals surface area contributed by atoms with Gasteiger partial charge in [-0.1, -0.05) is 15.9 Å². The van der Waals surface area contributed by atoms with Crippen LogP contribution in [0.15, 0.2) is 33.3 Å². The average molecular weight is 306 g/mol. The van der Waals surface area contributed by atoms with Crippen LogP contribution >= 0.6 is 15.9 Å². The minimum absolute atomic E-state index is 0.0971. The van der Waals surface area contributed by atoms with Crippen LogP contribution in [0.25, 0.3) is 0 Å². The Morgan fingerprint density at radius 1 is 1.50 bits per heavy atom. The van der Waals surface area contributed by atoms with Gasteiger partial charge in [0.25, 0.3) is 0 Å². The summed E-state index contributed by atoms with van der Waals surface area (Å²) in [5, 5.41) is 12.3. The van der Waals surface area contributed by atoms with E-state index in [0.717, 1.165) is 15.9 Å². The molecule has 0 amide bonds. The van der Waals surface area contributed by atoms with Gasteiger partial charge in [0.1, 0.15) is 17.9 Å². The number of nitriles is 1. The smallest absolute Gasteiger partial charge is 0.216 e. The predicted molar refractivity (Wildman–Crippen MR) is 72.1 cm³/mol. The van der Waals surface area contributed by atoms with Gasteiger partial charge in [-0.25, -0.2) is 4.98 Å². The molecule has 0 aliphatic carbocycles. The third-order valence-corrected chi connectivity index (χ3v) is 2.98. The van der Waals surface area contributed by atoms with E-state index in [1.54, 1.807) is 12.3 Å². The lowest BCUT2D eigenvalue weighted by Crippen LogP contribution is -2.08. The number of hydrogen-bond donors (Lipinski definition) is 1. The Bertz CT molecular complexity index is 601. The molecule has 1 unspecified atom stereocenters.